The predicted octanol–water partition coefficient (Wildman–Crippen LogP) is 4.57. The van der Waals surface area contributed by atoms with E-state index in [2.05, 4.69) is 20.8 Å². The molecule has 3 rings (SSSR count). The van der Waals surface area contributed by atoms with Gasteiger partial charge in [-0.2, -0.15) is 0 Å². The van der Waals surface area contributed by atoms with Crippen LogP contribution in [0.15, 0.2) is 46.9 Å². The molecule has 108 valence electrons. The van der Waals surface area contributed by atoms with Gasteiger partial charge in [-0.05, 0) is 30.7 Å². The number of fused-ring (bicyclic) bond motifs is 1. The third-order valence-corrected chi connectivity index (χ3v) is 4.25. The molecule has 0 unspecified atom stereocenters. The van der Waals surface area contributed by atoms with E-state index in [1.807, 2.05) is 30.3 Å². The first-order valence-corrected chi connectivity index (χ1v) is 7.75. The first-order valence-electron chi connectivity index (χ1n) is 6.96. The summed E-state index contributed by atoms with van der Waals surface area (Å²) in [5.41, 5.74) is 2.29. The van der Waals surface area contributed by atoms with Crippen molar-refractivity contribution in [2.75, 3.05) is 11.4 Å². The molecule has 2 nitrogen and oxygen atoms in total. The second-order valence-corrected chi connectivity index (χ2v) is 6.12. The van der Waals surface area contributed by atoms with Crippen molar-refractivity contribution in [3.8, 4) is 0 Å². The van der Waals surface area contributed by atoms with Crippen molar-refractivity contribution in [2.45, 2.75) is 19.4 Å². The lowest BCUT2D eigenvalue weighted by atomic mass is 10.1. The average molecular weight is 348 g/mol. The number of para-hydroxylation sites is 1. The number of nitrogens with zero attached hydrogens (tertiary/aromatic N) is 1. The highest BCUT2D eigenvalue weighted by atomic mass is 79.9. The van der Waals surface area contributed by atoms with Crippen molar-refractivity contribution in [3.05, 3.63) is 63.9 Å². The van der Waals surface area contributed by atoms with Gasteiger partial charge in [0.05, 0.1) is 0 Å². The van der Waals surface area contributed by atoms with Crippen LogP contribution in [-0.4, -0.2) is 12.3 Å². The molecule has 0 bridgehead atoms. The van der Waals surface area contributed by atoms with E-state index in [-0.39, 0.29) is 11.6 Å². The summed E-state index contributed by atoms with van der Waals surface area (Å²) in [6.45, 7) is 1.24. The molecule has 0 saturated heterocycles. The molecular weight excluding hydrogens is 333 g/mol. The first kappa shape index (κ1) is 14.3. The largest absolute Gasteiger partial charge is 0.366 e. The lowest BCUT2D eigenvalue weighted by Crippen LogP contribution is -2.24. The molecule has 0 atom stereocenters. The van der Waals surface area contributed by atoms with Crippen LogP contribution in [0.2, 0.25) is 0 Å². The predicted molar refractivity (Wildman–Crippen MR) is 85.2 cm³/mol. The second kappa shape index (κ2) is 5.98. The lowest BCUT2D eigenvalue weighted by molar-refractivity contribution is 0.0984. The fourth-order valence-electron chi connectivity index (χ4n) is 2.69. The molecule has 1 heterocycles. The highest BCUT2D eigenvalue weighted by molar-refractivity contribution is 9.10. The monoisotopic (exact) mass is 347 g/mol. The summed E-state index contributed by atoms with van der Waals surface area (Å²) >= 11 is 3.27. The maximum atomic E-state index is 14.0. The summed E-state index contributed by atoms with van der Waals surface area (Å²) in [7, 11) is 0. The number of ketones is 1. The van der Waals surface area contributed by atoms with Gasteiger partial charge in [-0.1, -0.05) is 34.1 Å². The Morgan fingerprint density at radius 1 is 1.19 bits per heavy atom. The summed E-state index contributed by atoms with van der Waals surface area (Å²) in [6.07, 6.45) is 1.35. The van der Waals surface area contributed by atoms with Crippen LogP contribution in [0.4, 0.5) is 10.1 Å². The van der Waals surface area contributed by atoms with Crippen LogP contribution < -0.4 is 4.90 Å². The fourth-order valence-corrected chi connectivity index (χ4v) is 3.02. The molecule has 1 aliphatic rings. The van der Waals surface area contributed by atoms with Gasteiger partial charge in [0, 0.05) is 40.8 Å². The third kappa shape index (κ3) is 3.00. The summed E-state index contributed by atoms with van der Waals surface area (Å²) in [4.78, 5) is 14.2. The van der Waals surface area contributed by atoms with E-state index in [0.717, 1.165) is 28.7 Å². The molecule has 0 radical (unpaired) electrons. The van der Waals surface area contributed by atoms with Gasteiger partial charge in [0.25, 0.3) is 0 Å². The van der Waals surface area contributed by atoms with Gasteiger partial charge >= 0.3 is 0 Å². The van der Waals surface area contributed by atoms with Crippen LogP contribution in [0.3, 0.4) is 0 Å². The summed E-state index contributed by atoms with van der Waals surface area (Å²) < 4.78 is 14.8. The van der Waals surface area contributed by atoms with E-state index < -0.39 is 0 Å². The number of hydrogen-bond acceptors (Lipinski definition) is 2. The number of rotatable bonds is 2. The zero-order valence-electron chi connectivity index (χ0n) is 11.5. The second-order valence-electron chi connectivity index (χ2n) is 5.20. The lowest BCUT2D eigenvalue weighted by Gasteiger charge is -2.24. The normalized spacial score (nSPS) is 14.8. The molecule has 2 aromatic rings. The number of benzene rings is 2. The van der Waals surface area contributed by atoms with Gasteiger partial charge in [-0.15, -0.1) is 0 Å². The maximum Gasteiger partial charge on any atom is 0.165 e. The molecular formula is C17H15BrFNO. The van der Waals surface area contributed by atoms with Crippen LogP contribution in [0.25, 0.3) is 0 Å². The molecule has 0 fully saturated rings. The van der Waals surface area contributed by atoms with E-state index in [9.17, 15) is 9.18 Å². The van der Waals surface area contributed by atoms with E-state index in [0.29, 0.717) is 18.5 Å². The molecule has 0 amide bonds. The molecule has 0 N–H and O–H groups in total. The fraction of sp³-hybridized carbons (Fsp3) is 0.235. The molecule has 0 spiro atoms. The number of Topliss-reactive ketones (excluding diaryl/α,β-unsaturated/α-hetero) is 1. The van der Waals surface area contributed by atoms with Gasteiger partial charge in [0.1, 0.15) is 5.82 Å². The van der Waals surface area contributed by atoms with Crippen LogP contribution in [-0.2, 0) is 6.54 Å². The minimum atomic E-state index is -0.225. The highest BCUT2D eigenvalue weighted by Gasteiger charge is 2.21. The van der Waals surface area contributed by atoms with E-state index in [4.69, 9.17) is 0 Å². The van der Waals surface area contributed by atoms with Crippen molar-refractivity contribution in [1.82, 2.24) is 0 Å². The van der Waals surface area contributed by atoms with E-state index in [1.165, 1.54) is 6.07 Å². The molecule has 4 heteroatoms. The van der Waals surface area contributed by atoms with Gasteiger partial charge in [0.15, 0.2) is 5.78 Å². The van der Waals surface area contributed by atoms with E-state index in [1.54, 1.807) is 6.07 Å². The number of carbonyl (C=O) groups is 1. The molecule has 1 aliphatic heterocycles. The Kier molecular flexibility index (Phi) is 4.06. The quantitative estimate of drug-likeness (QED) is 0.792. The molecule has 0 aromatic heterocycles. The Labute approximate surface area is 131 Å². The highest BCUT2D eigenvalue weighted by Crippen LogP contribution is 2.28. The number of anilines is 1. The molecule has 0 aliphatic carbocycles. The third-order valence-electron chi connectivity index (χ3n) is 3.75. The van der Waals surface area contributed by atoms with Crippen LogP contribution >= 0.6 is 15.9 Å². The number of carbonyl (C=O) groups excluding carboxylic acids is 1. The SMILES string of the molecule is O=C1CCCN(Cc2ccc(Br)cc2F)c2ccccc21. The van der Waals surface area contributed by atoms with Crippen molar-refractivity contribution in [1.29, 1.82) is 0 Å². The van der Waals surface area contributed by atoms with Gasteiger partial charge in [-0.3, -0.25) is 4.79 Å². The minimum absolute atomic E-state index is 0.171. The summed E-state index contributed by atoms with van der Waals surface area (Å²) in [5.74, 6) is -0.0539. The Bertz CT molecular complexity index is 686. The zero-order valence-corrected chi connectivity index (χ0v) is 13.1. The van der Waals surface area contributed by atoms with Crippen molar-refractivity contribution >= 4 is 27.4 Å². The zero-order chi connectivity index (χ0) is 14.8. The van der Waals surface area contributed by atoms with Crippen molar-refractivity contribution in [2.24, 2.45) is 0 Å². The average Bonchev–Trinajstić information content (AvgIpc) is 2.63. The van der Waals surface area contributed by atoms with Crippen molar-refractivity contribution < 1.29 is 9.18 Å². The Balaban J connectivity index is 1.95. The Hall–Kier alpha value is -1.68. The maximum absolute atomic E-state index is 14.0. The van der Waals surface area contributed by atoms with Gasteiger partial charge in [0.2, 0.25) is 0 Å². The van der Waals surface area contributed by atoms with Crippen LogP contribution in [0.1, 0.15) is 28.8 Å². The number of hydrogen-bond donors (Lipinski definition) is 0. The Morgan fingerprint density at radius 3 is 2.81 bits per heavy atom. The van der Waals surface area contributed by atoms with Crippen LogP contribution in [0, 0.1) is 5.82 Å². The van der Waals surface area contributed by atoms with Crippen LogP contribution in [0.5, 0.6) is 0 Å². The molecule has 0 saturated carbocycles. The van der Waals surface area contributed by atoms with Gasteiger partial charge in [-0.25, -0.2) is 4.39 Å². The van der Waals surface area contributed by atoms with E-state index >= 15 is 0 Å². The first-order chi connectivity index (χ1) is 10.1. The van der Waals surface area contributed by atoms with Gasteiger partial charge < -0.3 is 4.90 Å². The summed E-state index contributed by atoms with van der Waals surface area (Å²) in [6, 6.07) is 12.7. The summed E-state index contributed by atoms with van der Waals surface area (Å²) in [5, 5.41) is 0. The minimum Gasteiger partial charge on any atom is -0.366 e. The topological polar surface area (TPSA) is 20.3 Å². The Morgan fingerprint density at radius 2 is 2.00 bits per heavy atom. The molecule has 2 aromatic carbocycles. The van der Waals surface area contributed by atoms with Crippen molar-refractivity contribution in [3.63, 3.8) is 0 Å². The molecule has 21 heavy (non-hydrogen) atoms. The standard InChI is InChI=1S/C17H15BrFNO/c18-13-8-7-12(15(19)10-13)11-20-9-3-6-17(21)14-4-1-2-5-16(14)20/h1-2,4-5,7-8,10H,3,6,9,11H2. The number of halogens is 2. The smallest absolute Gasteiger partial charge is 0.165 e.